The molecule has 3 nitrogen and oxygen atoms in total. The van der Waals surface area contributed by atoms with Crippen LogP contribution >= 0.6 is 0 Å². The number of hydrogen-bond donors (Lipinski definition) is 1. The number of allylic oxidation sites excluding steroid dienone is 2. The molecule has 1 N–H and O–H groups in total. The van der Waals surface area contributed by atoms with Gasteiger partial charge in [0, 0.05) is 6.08 Å². The summed E-state index contributed by atoms with van der Waals surface area (Å²) < 4.78 is 4.43. The fourth-order valence-electron chi connectivity index (χ4n) is 0.954. The number of methoxy groups -OCH3 is 1. The molecule has 0 unspecified atom stereocenters. The average Bonchev–Trinajstić information content (AvgIpc) is 2.26. The Bertz CT molecular complexity index is 374. The molecule has 0 amide bonds. The SMILES string of the molecule is COC(=O)/C=C/C=C/c1ccc(O)cc1. The molecule has 0 aliphatic heterocycles. The van der Waals surface area contributed by atoms with Crippen molar-refractivity contribution in [2.45, 2.75) is 0 Å². The Morgan fingerprint density at radius 1 is 1.27 bits per heavy atom. The third-order valence-electron chi connectivity index (χ3n) is 1.73. The van der Waals surface area contributed by atoms with Crippen molar-refractivity contribution in [3.63, 3.8) is 0 Å². The lowest BCUT2D eigenvalue weighted by atomic mass is 10.2. The number of benzene rings is 1. The molecule has 1 rings (SSSR count). The van der Waals surface area contributed by atoms with E-state index in [0.29, 0.717) is 0 Å². The summed E-state index contributed by atoms with van der Waals surface area (Å²) >= 11 is 0. The molecule has 0 aliphatic rings. The summed E-state index contributed by atoms with van der Waals surface area (Å²) in [6.07, 6.45) is 6.47. The van der Waals surface area contributed by atoms with Gasteiger partial charge in [-0.15, -0.1) is 0 Å². The minimum Gasteiger partial charge on any atom is -0.508 e. The van der Waals surface area contributed by atoms with Gasteiger partial charge >= 0.3 is 5.97 Å². The van der Waals surface area contributed by atoms with Crippen molar-refractivity contribution in [1.82, 2.24) is 0 Å². The van der Waals surface area contributed by atoms with Crippen LogP contribution in [0.3, 0.4) is 0 Å². The van der Waals surface area contributed by atoms with E-state index >= 15 is 0 Å². The smallest absolute Gasteiger partial charge is 0.330 e. The minimum atomic E-state index is -0.384. The van der Waals surface area contributed by atoms with Crippen LogP contribution < -0.4 is 0 Å². The van der Waals surface area contributed by atoms with Gasteiger partial charge < -0.3 is 9.84 Å². The summed E-state index contributed by atoms with van der Waals surface area (Å²) in [5.41, 5.74) is 0.947. The van der Waals surface area contributed by atoms with Crippen LogP contribution in [0, 0.1) is 0 Å². The van der Waals surface area contributed by atoms with Crippen molar-refractivity contribution < 1.29 is 14.6 Å². The molecule has 0 aromatic heterocycles. The zero-order valence-electron chi connectivity index (χ0n) is 8.38. The molecular weight excluding hydrogens is 192 g/mol. The average molecular weight is 204 g/mol. The third-order valence-corrected chi connectivity index (χ3v) is 1.73. The maximum atomic E-state index is 10.7. The number of esters is 1. The Morgan fingerprint density at radius 3 is 2.53 bits per heavy atom. The molecule has 0 saturated carbocycles. The van der Waals surface area contributed by atoms with Crippen LogP contribution in [0.2, 0.25) is 0 Å². The Kier molecular flexibility index (Phi) is 4.16. The van der Waals surface area contributed by atoms with E-state index in [4.69, 9.17) is 5.11 Å². The first-order valence-corrected chi connectivity index (χ1v) is 4.44. The van der Waals surface area contributed by atoms with Crippen molar-refractivity contribution in [1.29, 1.82) is 0 Å². The highest BCUT2D eigenvalue weighted by atomic mass is 16.5. The molecule has 78 valence electrons. The zero-order chi connectivity index (χ0) is 11.1. The number of aromatic hydroxyl groups is 1. The molecule has 0 radical (unpaired) electrons. The van der Waals surface area contributed by atoms with E-state index in [-0.39, 0.29) is 11.7 Å². The lowest BCUT2D eigenvalue weighted by Crippen LogP contribution is -1.92. The van der Waals surface area contributed by atoms with Crippen LogP contribution in [0.5, 0.6) is 5.75 Å². The van der Waals surface area contributed by atoms with Crippen molar-refractivity contribution in [2.24, 2.45) is 0 Å². The number of hydrogen-bond acceptors (Lipinski definition) is 3. The Balaban J connectivity index is 2.55. The van der Waals surface area contributed by atoms with Gasteiger partial charge in [-0.1, -0.05) is 30.4 Å². The summed E-state index contributed by atoms with van der Waals surface area (Å²) in [4.78, 5) is 10.7. The van der Waals surface area contributed by atoms with Gasteiger partial charge in [-0.05, 0) is 17.7 Å². The molecule has 0 spiro atoms. The van der Waals surface area contributed by atoms with Crippen LogP contribution in [0.1, 0.15) is 5.56 Å². The van der Waals surface area contributed by atoms with Crippen molar-refractivity contribution in [3.8, 4) is 5.75 Å². The molecule has 0 atom stereocenters. The predicted molar refractivity (Wildman–Crippen MR) is 58.3 cm³/mol. The lowest BCUT2D eigenvalue weighted by molar-refractivity contribution is -0.134. The van der Waals surface area contributed by atoms with Crippen LogP contribution in [-0.2, 0) is 9.53 Å². The van der Waals surface area contributed by atoms with E-state index in [2.05, 4.69) is 4.74 Å². The van der Waals surface area contributed by atoms with Gasteiger partial charge in [0.1, 0.15) is 5.75 Å². The normalized spacial score (nSPS) is 11.0. The lowest BCUT2D eigenvalue weighted by Gasteiger charge is -1.92. The van der Waals surface area contributed by atoms with Crippen LogP contribution in [-0.4, -0.2) is 18.2 Å². The summed E-state index contributed by atoms with van der Waals surface area (Å²) in [7, 11) is 1.33. The highest BCUT2D eigenvalue weighted by molar-refractivity contribution is 5.82. The van der Waals surface area contributed by atoms with E-state index in [9.17, 15) is 4.79 Å². The maximum absolute atomic E-state index is 10.7. The first-order chi connectivity index (χ1) is 7.22. The van der Waals surface area contributed by atoms with Gasteiger partial charge in [0.15, 0.2) is 0 Å². The summed E-state index contributed by atoms with van der Waals surface area (Å²) in [6.45, 7) is 0. The maximum Gasteiger partial charge on any atom is 0.330 e. The number of phenols is 1. The van der Waals surface area contributed by atoms with Gasteiger partial charge in [0.05, 0.1) is 7.11 Å². The molecule has 0 saturated heterocycles. The molecule has 15 heavy (non-hydrogen) atoms. The number of ether oxygens (including phenoxy) is 1. The minimum absolute atomic E-state index is 0.234. The van der Waals surface area contributed by atoms with Crippen molar-refractivity contribution >= 4 is 12.0 Å². The molecule has 0 heterocycles. The second kappa shape index (κ2) is 5.65. The fourth-order valence-corrected chi connectivity index (χ4v) is 0.954. The summed E-state index contributed by atoms with van der Waals surface area (Å²) in [6, 6.07) is 6.75. The van der Waals surface area contributed by atoms with Crippen molar-refractivity contribution in [2.75, 3.05) is 7.11 Å². The quantitative estimate of drug-likeness (QED) is 0.466. The van der Waals surface area contributed by atoms with Gasteiger partial charge in [0.2, 0.25) is 0 Å². The standard InChI is InChI=1S/C12H12O3/c1-15-12(14)5-3-2-4-10-6-8-11(13)9-7-10/h2-9,13H,1H3/b4-2+,5-3+. The molecular formula is C12H12O3. The first kappa shape index (κ1) is 11.0. The largest absolute Gasteiger partial charge is 0.508 e. The Labute approximate surface area is 88.3 Å². The van der Waals surface area contributed by atoms with Crippen LogP contribution in [0.25, 0.3) is 6.08 Å². The highest BCUT2D eigenvalue weighted by Crippen LogP contribution is 2.10. The van der Waals surface area contributed by atoms with E-state index in [1.807, 2.05) is 6.08 Å². The molecule has 0 bridgehead atoms. The fraction of sp³-hybridized carbons (Fsp3) is 0.0833. The van der Waals surface area contributed by atoms with E-state index in [0.717, 1.165) is 5.56 Å². The third kappa shape index (κ3) is 4.13. The Morgan fingerprint density at radius 2 is 1.93 bits per heavy atom. The predicted octanol–water partition coefficient (Wildman–Crippen LogP) is 2.13. The number of phenolic OH excluding ortho intramolecular Hbond substituents is 1. The molecule has 1 aromatic rings. The van der Waals surface area contributed by atoms with E-state index in [1.54, 1.807) is 36.4 Å². The topological polar surface area (TPSA) is 46.5 Å². The van der Waals surface area contributed by atoms with Crippen molar-refractivity contribution in [3.05, 3.63) is 48.1 Å². The monoisotopic (exact) mass is 204 g/mol. The highest BCUT2D eigenvalue weighted by Gasteiger charge is 1.88. The number of carbonyl (C=O) groups is 1. The summed E-state index contributed by atoms with van der Waals surface area (Å²) in [5, 5.41) is 9.03. The second-order valence-electron chi connectivity index (χ2n) is 2.83. The number of rotatable bonds is 3. The van der Waals surface area contributed by atoms with E-state index in [1.165, 1.54) is 13.2 Å². The Hall–Kier alpha value is -2.03. The molecule has 1 aromatic carbocycles. The molecule has 0 fully saturated rings. The van der Waals surface area contributed by atoms with Gasteiger partial charge in [-0.25, -0.2) is 4.79 Å². The van der Waals surface area contributed by atoms with Gasteiger partial charge in [-0.2, -0.15) is 0 Å². The number of carbonyl (C=O) groups excluding carboxylic acids is 1. The van der Waals surface area contributed by atoms with Gasteiger partial charge in [-0.3, -0.25) is 0 Å². The van der Waals surface area contributed by atoms with Crippen LogP contribution in [0.15, 0.2) is 42.5 Å². The molecule has 3 heteroatoms. The summed E-state index contributed by atoms with van der Waals surface area (Å²) in [5.74, 6) is -0.150. The van der Waals surface area contributed by atoms with Crippen LogP contribution in [0.4, 0.5) is 0 Å². The first-order valence-electron chi connectivity index (χ1n) is 4.44. The van der Waals surface area contributed by atoms with E-state index < -0.39 is 0 Å². The molecule has 0 aliphatic carbocycles. The second-order valence-corrected chi connectivity index (χ2v) is 2.83. The van der Waals surface area contributed by atoms with Gasteiger partial charge in [0.25, 0.3) is 0 Å². The zero-order valence-corrected chi connectivity index (χ0v) is 8.38.